The van der Waals surface area contributed by atoms with Crippen LogP contribution in [0.4, 0.5) is 0 Å². The van der Waals surface area contributed by atoms with Gasteiger partial charge in [-0.05, 0) is 37.0 Å². The molecule has 132 valence electrons. The number of rotatable bonds is 6. The fourth-order valence-electron chi connectivity index (χ4n) is 4.14. The van der Waals surface area contributed by atoms with Gasteiger partial charge in [0.2, 0.25) is 0 Å². The molecule has 0 aliphatic heterocycles. The number of aromatic hydroxyl groups is 1. The Bertz CT molecular complexity index is 655. The second-order valence-corrected chi connectivity index (χ2v) is 6.93. The molecule has 0 amide bonds. The third kappa shape index (κ3) is 3.04. The van der Waals surface area contributed by atoms with Crippen molar-refractivity contribution >= 4 is 0 Å². The zero-order valence-corrected chi connectivity index (χ0v) is 15.8. The summed E-state index contributed by atoms with van der Waals surface area (Å²) in [6, 6.07) is 3.87. The van der Waals surface area contributed by atoms with Crippen LogP contribution in [0.1, 0.15) is 51.2 Å². The first-order valence-electron chi connectivity index (χ1n) is 8.73. The molecule has 3 heteroatoms. The molecule has 0 aromatic heterocycles. The number of methoxy groups -OCH3 is 2. The van der Waals surface area contributed by atoms with Gasteiger partial charge < -0.3 is 14.6 Å². The first-order chi connectivity index (χ1) is 11.4. The molecule has 2 rings (SSSR count). The minimum absolute atomic E-state index is 0.258. The first-order valence-corrected chi connectivity index (χ1v) is 8.73. The number of hydrogen-bond acceptors (Lipinski definition) is 3. The molecule has 1 aliphatic carbocycles. The molecule has 1 aliphatic rings. The molecule has 1 aromatic rings. The Morgan fingerprint density at radius 1 is 1.17 bits per heavy atom. The molecule has 3 nitrogen and oxygen atoms in total. The Morgan fingerprint density at radius 2 is 1.88 bits per heavy atom. The minimum Gasteiger partial charge on any atom is -0.504 e. The van der Waals surface area contributed by atoms with Gasteiger partial charge in [-0.25, -0.2) is 0 Å². The molecule has 0 spiro atoms. The fourth-order valence-corrected chi connectivity index (χ4v) is 4.14. The number of benzene rings is 1. The molecule has 0 bridgehead atoms. The van der Waals surface area contributed by atoms with Gasteiger partial charge in [-0.3, -0.25) is 0 Å². The molecule has 1 N–H and O–H groups in total. The summed E-state index contributed by atoms with van der Waals surface area (Å²) in [6.45, 7) is 8.69. The van der Waals surface area contributed by atoms with Gasteiger partial charge >= 0.3 is 0 Å². The maximum absolute atomic E-state index is 11.0. The highest BCUT2D eigenvalue weighted by Crippen LogP contribution is 2.52. The van der Waals surface area contributed by atoms with Crippen LogP contribution in [0.5, 0.6) is 11.5 Å². The maximum Gasteiger partial charge on any atom is 0.162 e. The predicted molar refractivity (Wildman–Crippen MR) is 98.6 cm³/mol. The number of phenols is 1. The van der Waals surface area contributed by atoms with E-state index in [-0.39, 0.29) is 11.2 Å². The Kier molecular flexibility index (Phi) is 5.63. The molecular weight excluding hydrogens is 300 g/mol. The lowest BCUT2D eigenvalue weighted by Crippen LogP contribution is -2.34. The van der Waals surface area contributed by atoms with Gasteiger partial charge in [-0.15, -0.1) is 0 Å². The van der Waals surface area contributed by atoms with Gasteiger partial charge in [0.25, 0.3) is 0 Å². The van der Waals surface area contributed by atoms with Crippen LogP contribution in [0.3, 0.4) is 0 Å². The lowest BCUT2D eigenvalue weighted by Gasteiger charge is -2.42. The molecule has 0 unspecified atom stereocenters. The van der Waals surface area contributed by atoms with E-state index in [4.69, 9.17) is 9.47 Å². The Morgan fingerprint density at radius 3 is 2.42 bits per heavy atom. The van der Waals surface area contributed by atoms with E-state index < -0.39 is 0 Å². The zero-order chi connectivity index (χ0) is 17.9. The van der Waals surface area contributed by atoms with Crippen molar-refractivity contribution in [2.45, 2.75) is 52.4 Å². The number of hydrogen-bond donors (Lipinski definition) is 1. The molecule has 24 heavy (non-hydrogen) atoms. The van der Waals surface area contributed by atoms with Gasteiger partial charge in [0.05, 0.1) is 20.0 Å². The molecule has 0 radical (unpaired) electrons. The highest BCUT2D eigenvalue weighted by molar-refractivity contribution is 5.58. The van der Waals surface area contributed by atoms with Crippen LogP contribution in [-0.4, -0.2) is 19.3 Å². The summed E-state index contributed by atoms with van der Waals surface area (Å²) < 4.78 is 11.0. The standard InChI is InChI=1S/C21H30O3/c1-7-12-21(13-16(23-5)9-10-17(21)14(2)3)19-15(4)8-11-18(24-6)20(19)22/h8-11,14,22H,7,12-13H2,1-6H3/t21-/m0/s1. The zero-order valence-electron chi connectivity index (χ0n) is 15.8. The normalized spacial score (nSPS) is 20.6. The average molecular weight is 330 g/mol. The van der Waals surface area contributed by atoms with Crippen molar-refractivity contribution in [3.05, 3.63) is 46.7 Å². The van der Waals surface area contributed by atoms with Crippen LogP contribution < -0.4 is 4.74 Å². The van der Waals surface area contributed by atoms with Crippen molar-refractivity contribution < 1.29 is 14.6 Å². The number of aryl methyl sites for hydroxylation is 1. The Balaban J connectivity index is 2.77. The average Bonchev–Trinajstić information content (AvgIpc) is 2.54. The molecule has 0 saturated carbocycles. The monoisotopic (exact) mass is 330 g/mol. The van der Waals surface area contributed by atoms with Gasteiger partial charge in [-0.1, -0.05) is 44.9 Å². The lowest BCUT2D eigenvalue weighted by atomic mass is 9.62. The molecule has 0 saturated heterocycles. The quantitative estimate of drug-likeness (QED) is 0.773. The Hall–Kier alpha value is -1.90. The summed E-state index contributed by atoms with van der Waals surface area (Å²) in [5, 5.41) is 11.0. The van der Waals surface area contributed by atoms with Crippen molar-refractivity contribution in [3.63, 3.8) is 0 Å². The van der Waals surface area contributed by atoms with Crippen molar-refractivity contribution in [2.24, 2.45) is 5.92 Å². The third-order valence-electron chi connectivity index (χ3n) is 5.09. The first kappa shape index (κ1) is 18.4. The lowest BCUT2D eigenvalue weighted by molar-refractivity contribution is 0.240. The molecule has 0 fully saturated rings. The van der Waals surface area contributed by atoms with Crippen molar-refractivity contribution in [1.29, 1.82) is 0 Å². The summed E-state index contributed by atoms with van der Waals surface area (Å²) in [4.78, 5) is 0. The summed E-state index contributed by atoms with van der Waals surface area (Å²) in [5.74, 6) is 2.13. The van der Waals surface area contributed by atoms with Crippen LogP contribution in [0.25, 0.3) is 0 Å². The van der Waals surface area contributed by atoms with E-state index in [0.717, 1.165) is 36.1 Å². The third-order valence-corrected chi connectivity index (χ3v) is 5.09. The number of ether oxygens (including phenoxy) is 2. The highest BCUT2D eigenvalue weighted by Gasteiger charge is 2.42. The molecular formula is C21H30O3. The van der Waals surface area contributed by atoms with Crippen LogP contribution in [0.15, 0.2) is 35.6 Å². The van der Waals surface area contributed by atoms with E-state index in [1.807, 2.05) is 12.1 Å². The maximum atomic E-state index is 11.0. The predicted octanol–water partition coefficient (Wildman–Crippen LogP) is 5.26. The van der Waals surface area contributed by atoms with E-state index in [1.165, 1.54) is 5.57 Å². The Labute approximate surface area is 146 Å². The molecule has 1 atom stereocenters. The van der Waals surface area contributed by atoms with Gasteiger partial charge in [-0.2, -0.15) is 0 Å². The van der Waals surface area contributed by atoms with E-state index >= 15 is 0 Å². The fraction of sp³-hybridized carbons (Fsp3) is 0.524. The smallest absolute Gasteiger partial charge is 0.162 e. The summed E-state index contributed by atoms with van der Waals surface area (Å²) >= 11 is 0. The summed E-state index contributed by atoms with van der Waals surface area (Å²) in [7, 11) is 3.32. The van der Waals surface area contributed by atoms with E-state index in [1.54, 1.807) is 14.2 Å². The van der Waals surface area contributed by atoms with Crippen molar-refractivity contribution in [1.82, 2.24) is 0 Å². The van der Waals surface area contributed by atoms with E-state index in [2.05, 4.69) is 39.8 Å². The topological polar surface area (TPSA) is 38.7 Å². The van der Waals surface area contributed by atoms with Crippen molar-refractivity contribution in [3.8, 4) is 11.5 Å². The summed E-state index contributed by atoms with van der Waals surface area (Å²) in [6.07, 6.45) is 7.00. The van der Waals surface area contributed by atoms with Crippen LogP contribution >= 0.6 is 0 Å². The number of phenolic OH excluding ortho intramolecular Hbond substituents is 1. The minimum atomic E-state index is -0.258. The second-order valence-electron chi connectivity index (χ2n) is 6.93. The van der Waals surface area contributed by atoms with Crippen LogP contribution in [0, 0.1) is 12.8 Å². The highest BCUT2D eigenvalue weighted by atomic mass is 16.5. The second kappa shape index (κ2) is 7.33. The SMILES string of the molecule is CCC[C@]1(c2c(C)ccc(OC)c2O)CC(OC)=CC=C1C(C)C. The molecule has 1 aromatic carbocycles. The van der Waals surface area contributed by atoms with Crippen molar-refractivity contribution in [2.75, 3.05) is 14.2 Å². The van der Waals surface area contributed by atoms with Gasteiger partial charge in [0.1, 0.15) is 0 Å². The largest absolute Gasteiger partial charge is 0.504 e. The summed E-state index contributed by atoms with van der Waals surface area (Å²) in [5.41, 5.74) is 3.15. The van der Waals surface area contributed by atoms with E-state index in [9.17, 15) is 5.11 Å². The van der Waals surface area contributed by atoms with Gasteiger partial charge in [0, 0.05) is 17.4 Å². The number of allylic oxidation sites excluding steroid dienone is 4. The van der Waals surface area contributed by atoms with E-state index in [0.29, 0.717) is 11.7 Å². The van der Waals surface area contributed by atoms with Crippen LogP contribution in [0.2, 0.25) is 0 Å². The van der Waals surface area contributed by atoms with Crippen LogP contribution in [-0.2, 0) is 10.2 Å². The van der Waals surface area contributed by atoms with Gasteiger partial charge in [0.15, 0.2) is 11.5 Å². The molecule has 0 heterocycles.